The van der Waals surface area contributed by atoms with E-state index in [0.717, 1.165) is 11.6 Å². The summed E-state index contributed by atoms with van der Waals surface area (Å²) in [5.74, 6) is -0.310. The number of rotatable bonds is 3. The van der Waals surface area contributed by atoms with E-state index in [1.807, 2.05) is 0 Å². The molecule has 0 spiro atoms. The van der Waals surface area contributed by atoms with Crippen LogP contribution < -0.4 is 5.73 Å². The van der Waals surface area contributed by atoms with Gasteiger partial charge < -0.3 is 15.5 Å². The second-order valence-corrected chi connectivity index (χ2v) is 5.31. The molecule has 0 radical (unpaired) electrons. The molecule has 1 heterocycles. The molecule has 0 saturated heterocycles. The van der Waals surface area contributed by atoms with Gasteiger partial charge in [-0.05, 0) is 19.3 Å². The summed E-state index contributed by atoms with van der Waals surface area (Å²) >= 11 is 1.63. The number of hydrogen-bond donors (Lipinski definition) is 2. The fourth-order valence-corrected chi connectivity index (χ4v) is 3.18. The lowest BCUT2D eigenvalue weighted by Crippen LogP contribution is -2.46. The molecule has 1 aliphatic carbocycles. The summed E-state index contributed by atoms with van der Waals surface area (Å²) in [6.45, 7) is 0. The van der Waals surface area contributed by atoms with Crippen molar-refractivity contribution in [3.05, 3.63) is 12.4 Å². The van der Waals surface area contributed by atoms with E-state index in [-0.39, 0.29) is 5.97 Å². The fourth-order valence-electron chi connectivity index (χ4n) is 1.99. The highest BCUT2D eigenvalue weighted by Crippen LogP contribution is 2.38. The first-order valence-electron chi connectivity index (χ1n) is 5.17. The number of nitrogens with one attached hydrogen (secondary N) is 1. The summed E-state index contributed by atoms with van der Waals surface area (Å²) in [6.07, 6.45) is 5.74. The number of hydrogen-bond acceptors (Lipinski definition) is 5. The van der Waals surface area contributed by atoms with Crippen molar-refractivity contribution in [2.24, 2.45) is 5.73 Å². The Labute approximate surface area is 98.1 Å². The average molecular weight is 241 g/mol. The van der Waals surface area contributed by atoms with E-state index in [2.05, 4.69) is 9.97 Å². The van der Waals surface area contributed by atoms with E-state index in [9.17, 15) is 4.79 Å². The number of aromatic nitrogens is 2. The van der Waals surface area contributed by atoms with Gasteiger partial charge in [0.2, 0.25) is 0 Å². The van der Waals surface area contributed by atoms with E-state index >= 15 is 0 Å². The van der Waals surface area contributed by atoms with Gasteiger partial charge in [-0.2, -0.15) is 0 Å². The third-order valence-electron chi connectivity index (χ3n) is 2.85. The topological polar surface area (TPSA) is 81.0 Å². The molecule has 1 fully saturated rings. The van der Waals surface area contributed by atoms with Gasteiger partial charge in [0, 0.05) is 17.6 Å². The number of nitrogens with two attached hydrogens (primary N) is 1. The van der Waals surface area contributed by atoms with Gasteiger partial charge in [-0.15, -0.1) is 0 Å². The molecule has 5 nitrogen and oxygen atoms in total. The van der Waals surface area contributed by atoms with Gasteiger partial charge >= 0.3 is 5.97 Å². The zero-order chi connectivity index (χ0) is 11.6. The third kappa shape index (κ3) is 2.22. The van der Waals surface area contributed by atoms with Gasteiger partial charge in [-0.3, -0.25) is 4.79 Å². The minimum atomic E-state index is -0.807. The van der Waals surface area contributed by atoms with Crippen LogP contribution in [0.5, 0.6) is 0 Å². The number of carbonyl (C=O) groups excluding carboxylic acids is 1. The van der Waals surface area contributed by atoms with E-state index in [1.165, 1.54) is 7.11 Å². The van der Waals surface area contributed by atoms with Gasteiger partial charge in [0.1, 0.15) is 5.54 Å². The number of H-pyrrole nitrogens is 1. The summed E-state index contributed by atoms with van der Waals surface area (Å²) < 4.78 is 4.72. The third-order valence-corrected chi connectivity index (χ3v) is 4.03. The molecule has 1 aliphatic rings. The Morgan fingerprint density at radius 2 is 2.62 bits per heavy atom. The van der Waals surface area contributed by atoms with Crippen LogP contribution in [0.25, 0.3) is 0 Å². The number of esters is 1. The van der Waals surface area contributed by atoms with Crippen molar-refractivity contribution in [3.63, 3.8) is 0 Å². The maximum Gasteiger partial charge on any atom is 0.325 e. The predicted octanol–water partition coefficient (Wildman–Crippen LogP) is 0.925. The molecule has 2 atom stereocenters. The van der Waals surface area contributed by atoms with Crippen molar-refractivity contribution < 1.29 is 9.53 Å². The van der Waals surface area contributed by atoms with Gasteiger partial charge in [-0.1, -0.05) is 11.8 Å². The quantitative estimate of drug-likeness (QED) is 0.769. The number of imidazole rings is 1. The zero-order valence-corrected chi connectivity index (χ0v) is 9.92. The Morgan fingerprint density at radius 1 is 1.81 bits per heavy atom. The normalized spacial score (nSPS) is 29.2. The summed E-state index contributed by atoms with van der Waals surface area (Å²) in [5, 5.41) is 1.20. The maximum absolute atomic E-state index is 11.5. The molecule has 88 valence electrons. The second-order valence-electron chi connectivity index (χ2n) is 4.02. The lowest BCUT2D eigenvalue weighted by molar-refractivity contribution is -0.146. The Hall–Kier alpha value is -1.01. The molecule has 16 heavy (non-hydrogen) atoms. The number of nitrogens with zero attached hydrogens (tertiary/aromatic N) is 1. The minimum Gasteiger partial charge on any atom is -0.468 e. The van der Waals surface area contributed by atoms with Crippen LogP contribution >= 0.6 is 11.8 Å². The van der Waals surface area contributed by atoms with Crippen LogP contribution in [0.4, 0.5) is 0 Å². The van der Waals surface area contributed by atoms with Crippen LogP contribution in [0.15, 0.2) is 17.6 Å². The standard InChI is InChI=1S/C10H15N3O2S/c1-15-8(14)10(11)3-2-7(6-10)16-9-12-4-5-13-9/h4-5,7H,2-3,6,11H2,1H3,(H,12,13). The molecule has 1 aromatic heterocycles. The molecule has 0 amide bonds. The Balaban J connectivity index is 1.95. The van der Waals surface area contributed by atoms with Crippen molar-refractivity contribution >= 4 is 17.7 Å². The molecular weight excluding hydrogens is 226 g/mol. The molecule has 6 heteroatoms. The zero-order valence-electron chi connectivity index (χ0n) is 9.10. The SMILES string of the molecule is COC(=O)C1(N)CCC(Sc2ncc[nH]2)C1. The van der Waals surface area contributed by atoms with Crippen LogP contribution in [-0.4, -0.2) is 33.8 Å². The highest BCUT2D eigenvalue weighted by atomic mass is 32.2. The van der Waals surface area contributed by atoms with Gasteiger partial charge in [-0.25, -0.2) is 4.98 Å². The monoisotopic (exact) mass is 241 g/mol. The molecular formula is C10H15N3O2S. The van der Waals surface area contributed by atoms with E-state index in [4.69, 9.17) is 10.5 Å². The molecule has 2 unspecified atom stereocenters. The maximum atomic E-state index is 11.5. The number of thioether (sulfide) groups is 1. The van der Waals surface area contributed by atoms with Crippen LogP contribution in [-0.2, 0) is 9.53 Å². The molecule has 0 bridgehead atoms. The predicted molar refractivity (Wildman–Crippen MR) is 61.0 cm³/mol. The van der Waals surface area contributed by atoms with Gasteiger partial charge in [0.15, 0.2) is 5.16 Å². The molecule has 2 rings (SSSR count). The van der Waals surface area contributed by atoms with Crippen LogP contribution in [0.2, 0.25) is 0 Å². The molecule has 1 aromatic rings. The van der Waals surface area contributed by atoms with Crippen molar-refractivity contribution in [2.75, 3.05) is 7.11 Å². The lowest BCUT2D eigenvalue weighted by Gasteiger charge is -2.20. The van der Waals surface area contributed by atoms with Crippen LogP contribution in [0, 0.1) is 0 Å². The largest absolute Gasteiger partial charge is 0.468 e. The highest BCUT2D eigenvalue weighted by molar-refractivity contribution is 7.99. The van der Waals surface area contributed by atoms with Crippen LogP contribution in [0.1, 0.15) is 19.3 Å². The summed E-state index contributed by atoms with van der Waals surface area (Å²) in [6, 6.07) is 0. The second kappa shape index (κ2) is 4.47. The Kier molecular flexibility index (Phi) is 3.20. The highest BCUT2D eigenvalue weighted by Gasteiger charge is 2.43. The number of methoxy groups -OCH3 is 1. The Morgan fingerprint density at radius 3 is 3.25 bits per heavy atom. The summed E-state index contributed by atoms with van der Waals surface area (Å²) in [4.78, 5) is 18.7. The molecule has 0 aliphatic heterocycles. The first kappa shape index (κ1) is 11.5. The fraction of sp³-hybridized carbons (Fsp3) is 0.600. The van der Waals surface area contributed by atoms with E-state index < -0.39 is 5.54 Å². The van der Waals surface area contributed by atoms with Crippen molar-refractivity contribution in [1.82, 2.24) is 9.97 Å². The smallest absolute Gasteiger partial charge is 0.325 e. The lowest BCUT2D eigenvalue weighted by atomic mass is 10.00. The summed E-state index contributed by atoms with van der Waals surface area (Å²) in [5.41, 5.74) is 5.21. The number of ether oxygens (including phenoxy) is 1. The van der Waals surface area contributed by atoms with Crippen molar-refractivity contribution in [1.29, 1.82) is 0 Å². The first-order valence-corrected chi connectivity index (χ1v) is 6.05. The molecule has 0 aromatic carbocycles. The van der Waals surface area contributed by atoms with Gasteiger partial charge in [0.25, 0.3) is 0 Å². The van der Waals surface area contributed by atoms with E-state index in [0.29, 0.717) is 18.1 Å². The van der Waals surface area contributed by atoms with Crippen molar-refractivity contribution in [2.45, 2.75) is 35.2 Å². The number of aromatic amines is 1. The first-order chi connectivity index (χ1) is 7.64. The van der Waals surface area contributed by atoms with Crippen LogP contribution in [0.3, 0.4) is 0 Å². The van der Waals surface area contributed by atoms with E-state index in [1.54, 1.807) is 24.2 Å². The minimum absolute atomic E-state index is 0.310. The average Bonchev–Trinajstić information content (AvgIpc) is 2.89. The van der Waals surface area contributed by atoms with Gasteiger partial charge in [0.05, 0.1) is 7.11 Å². The summed E-state index contributed by atoms with van der Waals surface area (Å²) in [7, 11) is 1.38. The molecule has 1 saturated carbocycles. The van der Waals surface area contributed by atoms with Crippen molar-refractivity contribution in [3.8, 4) is 0 Å². The Bertz CT molecular complexity index is 368. The molecule has 3 N–H and O–H groups in total. The number of carbonyl (C=O) groups is 1.